The van der Waals surface area contributed by atoms with Crippen LogP contribution in [0.15, 0.2) is 47.1 Å². The standard InChI is InChI=1S/C17H20BrN/c1-4-17(3,5-2)15-10-9-13(18)12-14(15)16-8-6-7-11-19-16/h6-12H,4-5H2,1-3H3. The van der Waals surface area contributed by atoms with Crippen molar-refractivity contribution in [3.05, 3.63) is 52.6 Å². The molecule has 0 aliphatic heterocycles. The summed E-state index contributed by atoms with van der Waals surface area (Å²) >= 11 is 3.58. The lowest BCUT2D eigenvalue weighted by Crippen LogP contribution is -2.20. The van der Waals surface area contributed by atoms with Crippen molar-refractivity contribution in [2.75, 3.05) is 0 Å². The van der Waals surface area contributed by atoms with E-state index >= 15 is 0 Å². The van der Waals surface area contributed by atoms with Crippen LogP contribution in [0.5, 0.6) is 0 Å². The molecule has 0 fully saturated rings. The molecule has 0 aliphatic carbocycles. The highest BCUT2D eigenvalue weighted by Gasteiger charge is 2.25. The number of aromatic nitrogens is 1. The van der Waals surface area contributed by atoms with E-state index in [1.165, 1.54) is 11.1 Å². The number of hydrogen-bond donors (Lipinski definition) is 0. The molecule has 0 N–H and O–H groups in total. The quantitative estimate of drug-likeness (QED) is 0.716. The second-order valence-electron chi connectivity index (χ2n) is 5.17. The van der Waals surface area contributed by atoms with Crippen LogP contribution in [0, 0.1) is 0 Å². The number of pyridine rings is 1. The van der Waals surface area contributed by atoms with Crippen molar-refractivity contribution < 1.29 is 0 Å². The van der Waals surface area contributed by atoms with Crippen molar-refractivity contribution in [1.82, 2.24) is 4.98 Å². The van der Waals surface area contributed by atoms with Gasteiger partial charge in [-0.15, -0.1) is 0 Å². The average molecular weight is 318 g/mol. The van der Waals surface area contributed by atoms with Gasteiger partial charge in [0.25, 0.3) is 0 Å². The Morgan fingerprint density at radius 2 is 1.84 bits per heavy atom. The minimum absolute atomic E-state index is 0.202. The van der Waals surface area contributed by atoms with Crippen LogP contribution in [0.1, 0.15) is 39.2 Å². The maximum absolute atomic E-state index is 4.51. The van der Waals surface area contributed by atoms with E-state index in [0.29, 0.717) is 0 Å². The Balaban J connectivity index is 2.63. The minimum Gasteiger partial charge on any atom is -0.256 e. The molecule has 0 aliphatic rings. The largest absolute Gasteiger partial charge is 0.256 e. The molecule has 0 unspecified atom stereocenters. The van der Waals surface area contributed by atoms with Gasteiger partial charge in [-0.25, -0.2) is 0 Å². The fourth-order valence-corrected chi connectivity index (χ4v) is 2.77. The van der Waals surface area contributed by atoms with E-state index < -0.39 is 0 Å². The van der Waals surface area contributed by atoms with Gasteiger partial charge < -0.3 is 0 Å². The Morgan fingerprint density at radius 1 is 1.11 bits per heavy atom. The zero-order valence-corrected chi connectivity index (χ0v) is 13.4. The second-order valence-corrected chi connectivity index (χ2v) is 6.09. The third kappa shape index (κ3) is 2.89. The van der Waals surface area contributed by atoms with Gasteiger partial charge in [0, 0.05) is 16.2 Å². The van der Waals surface area contributed by atoms with E-state index in [1.807, 2.05) is 18.3 Å². The van der Waals surface area contributed by atoms with Crippen molar-refractivity contribution in [2.45, 2.75) is 39.0 Å². The van der Waals surface area contributed by atoms with E-state index in [1.54, 1.807) is 0 Å². The van der Waals surface area contributed by atoms with Gasteiger partial charge in [0.15, 0.2) is 0 Å². The lowest BCUT2D eigenvalue weighted by molar-refractivity contribution is 0.440. The van der Waals surface area contributed by atoms with Crippen LogP contribution in [-0.2, 0) is 5.41 Å². The number of benzene rings is 1. The molecular formula is C17H20BrN. The predicted octanol–water partition coefficient (Wildman–Crippen LogP) is 5.59. The van der Waals surface area contributed by atoms with E-state index in [-0.39, 0.29) is 5.41 Å². The van der Waals surface area contributed by atoms with Crippen molar-refractivity contribution >= 4 is 15.9 Å². The van der Waals surface area contributed by atoms with Gasteiger partial charge >= 0.3 is 0 Å². The van der Waals surface area contributed by atoms with Gasteiger partial charge in [0.1, 0.15) is 0 Å². The molecule has 2 aromatic rings. The maximum Gasteiger partial charge on any atom is 0.0705 e. The lowest BCUT2D eigenvalue weighted by atomic mass is 9.75. The van der Waals surface area contributed by atoms with E-state index in [0.717, 1.165) is 23.0 Å². The molecule has 19 heavy (non-hydrogen) atoms. The fraction of sp³-hybridized carbons (Fsp3) is 0.353. The van der Waals surface area contributed by atoms with Crippen LogP contribution < -0.4 is 0 Å². The summed E-state index contributed by atoms with van der Waals surface area (Å²) in [5.41, 5.74) is 3.88. The highest BCUT2D eigenvalue weighted by Crippen LogP contribution is 2.38. The third-order valence-electron chi connectivity index (χ3n) is 4.13. The molecule has 2 heteroatoms. The summed E-state index contributed by atoms with van der Waals surface area (Å²) in [6.07, 6.45) is 4.12. The summed E-state index contributed by atoms with van der Waals surface area (Å²) in [6.45, 7) is 6.85. The number of hydrogen-bond acceptors (Lipinski definition) is 1. The second kappa shape index (κ2) is 5.87. The van der Waals surface area contributed by atoms with Crippen molar-refractivity contribution in [2.24, 2.45) is 0 Å². The molecule has 1 aromatic carbocycles. The van der Waals surface area contributed by atoms with Crippen LogP contribution in [0.2, 0.25) is 0 Å². The fourth-order valence-electron chi connectivity index (χ4n) is 2.41. The summed E-state index contributed by atoms with van der Waals surface area (Å²) in [7, 11) is 0. The summed E-state index contributed by atoms with van der Waals surface area (Å²) in [4.78, 5) is 4.51. The highest BCUT2D eigenvalue weighted by molar-refractivity contribution is 9.10. The Kier molecular flexibility index (Phi) is 4.41. The lowest BCUT2D eigenvalue weighted by Gasteiger charge is -2.30. The Labute approximate surface area is 124 Å². The van der Waals surface area contributed by atoms with Gasteiger partial charge in [-0.2, -0.15) is 0 Å². The average Bonchev–Trinajstić information content (AvgIpc) is 2.47. The first-order chi connectivity index (χ1) is 9.10. The monoisotopic (exact) mass is 317 g/mol. The first-order valence-electron chi connectivity index (χ1n) is 6.82. The van der Waals surface area contributed by atoms with Gasteiger partial charge in [0.2, 0.25) is 0 Å². The molecule has 1 heterocycles. The SMILES string of the molecule is CCC(C)(CC)c1ccc(Br)cc1-c1ccccn1. The molecule has 0 saturated carbocycles. The van der Waals surface area contributed by atoms with Crippen LogP contribution in [-0.4, -0.2) is 4.98 Å². The van der Waals surface area contributed by atoms with Crippen LogP contribution in [0.3, 0.4) is 0 Å². The summed E-state index contributed by atoms with van der Waals surface area (Å²) < 4.78 is 1.10. The van der Waals surface area contributed by atoms with Gasteiger partial charge in [0.05, 0.1) is 5.69 Å². The molecule has 0 amide bonds. The summed E-state index contributed by atoms with van der Waals surface area (Å²) in [5, 5.41) is 0. The van der Waals surface area contributed by atoms with Gasteiger partial charge in [-0.3, -0.25) is 4.98 Å². The molecular weight excluding hydrogens is 298 g/mol. The molecule has 0 bridgehead atoms. The number of halogens is 1. The zero-order chi connectivity index (χ0) is 13.9. The first-order valence-corrected chi connectivity index (χ1v) is 7.61. The molecule has 2 rings (SSSR count). The van der Waals surface area contributed by atoms with E-state index in [9.17, 15) is 0 Å². The Bertz CT molecular complexity index is 544. The maximum atomic E-state index is 4.51. The number of rotatable bonds is 4. The molecule has 1 nitrogen and oxygen atoms in total. The van der Waals surface area contributed by atoms with Crippen LogP contribution in [0.4, 0.5) is 0 Å². The first kappa shape index (κ1) is 14.3. The predicted molar refractivity (Wildman–Crippen MR) is 85.3 cm³/mol. The molecule has 0 radical (unpaired) electrons. The molecule has 1 aromatic heterocycles. The number of nitrogens with zero attached hydrogens (tertiary/aromatic N) is 1. The van der Waals surface area contributed by atoms with Crippen molar-refractivity contribution in [3.63, 3.8) is 0 Å². The molecule has 0 atom stereocenters. The Morgan fingerprint density at radius 3 is 2.42 bits per heavy atom. The molecule has 0 spiro atoms. The Hall–Kier alpha value is -1.15. The van der Waals surface area contributed by atoms with Gasteiger partial charge in [-0.1, -0.05) is 48.8 Å². The smallest absolute Gasteiger partial charge is 0.0705 e. The highest BCUT2D eigenvalue weighted by atomic mass is 79.9. The van der Waals surface area contributed by atoms with Crippen molar-refractivity contribution in [3.8, 4) is 11.3 Å². The summed E-state index contributed by atoms with van der Waals surface area (Å²) in [6, 6.07) is 12.6. The van der Waals surface area contributed by atoms with Crippen LogP contribution >= 0.6 is 15.9 Å². The summed E-state index contributed by atoms with van der Waals surface area (Å²) in [5.74, 6) is 0. The van der Waals surface area contributed by atoms with Gasteiger partial charge in [-0.05, 0) is 48.1 Å². The minimum atomic E-state index is 0.202. The zero-order valence-electron chi connectivity index (χ0n) is 11.8. The van der Waals surface area contributed by atoms with Crippen molar-refractivity contribution in [1.29, 1.82) is 0 Å². The normalized spacial score (nSPS) is 11.6. The topological polar surface area (TPSA) is 12.9 Å². The van der Waals surface area contributed by atoms with Crippen LogP contribution in [0.25, 0.3) is 11.3 Å². The third-order valence-corrected chi connectivity index (χ3v) is 4.63. The van der Waals surface area contributed by atoms with E-state index in [2.05, 4.69) is 66.0 Å². The molecule has 100 valence electrons. The van der Waals surface area contributed by atoms with E-state index in [4.69, 9.17) is 0 Å². The molecule has 0 saturated heterocycles.